The van der Waals surface area contributed by atoms with E-state index in [4.69, 9.17) is 132 Å². The summed E-state index contributed by atoms with van der Waals surface area (Å²) in [5.41, 5.74) is 0. The van der Waals surface area contributed by atoms with Crippen LogP contribution in [-0.4, -0.2) is 361 Å². The van der Waals surface area contributed by atoms with Crippen LogP contribution in [0.4, 0.5) is 0 Å². The van der Waals surface area contributed by atoms with E-state index in [0.717, 1.165) is 0 Å². The summed E-state index contributed by atoms with van der Waals surface area (Å²) in [5.74, 6) is 0. The van der Waals surface area contributed by atoms with Gasteiger partial charge >= 0.3 is 265 Å². The van der Waals surface area contributed by atoms with Gasteiger partial charge in [0.2, 0.25) is 0 Å². The normalized spacial score (nSPS) is 38.9. The van der Waals surface area contributed by atoms with Gasteiger partial charge in [-0.1, -0.05) is 0 Å². The Kier molecular flexibility index (Phi) is 43.0. The molecule has 4 heterocycles. The SMILES string of the molecule is C[SiH](O)O[SiH](O)O[SiH](C)O[SiH]1O[SiH](C)O[SiH](O)O[SiH]2O[SiH](O)O[SiH](O)O[SiH](O[SiH](O)O[SiH]3O[SiH](O)O[SiH2]O[SiH](C)O[SiH](C)O[SiH](O[SiH]4O[SiH](O[SiH](C)O)O[SiH](C)O[SiH](O[SiH](O)O)O[SiH](O[SiH](O)O[SiH](O)O)O[SiH](O[SiH](O)O)O4)O3)O[SiH](O)O[SiH](O1)O2. The van der Waals surface area contributed by atoms with Gasteiger partial charge in [-0.2, -0.15) is 0 Å². The summed E-state index contributed by atoms with van der Waals surface area (Å²) in [6.45, 7) is 9.99. The number of hydrogen-bond acceptors (Lipinski definition) is 49. The Morgan fingerprint density at radius 2 is 0.698 bits per heavy atom. The molecular formula is C7H68O49Si30. The smallest absolute Gasteiger partial charge is 0.423 e. The third-order valence-electron chi connectivity index (χ3n) is 8.41. The van der Waals surface area contributed by atoms with Crippen molar-refractivity contribution in [2.45, 2.75) is 45.8 Å². The largest absolute Gasteiger partial charge is 0.471 e. The molecule has 0 aliphatic carbocycles. The first-order chi connectivity index (χ1) is 40.4. The summed E-state index contributed by atoms with van der Waals surface area (Å²) in [6, 6.07) is 0. The van der Waals surface area contributed by atoms with Crippen molar-refractivity contribution in [3.63, 3.8) is 0 Å². The molecule has 4 rings (SSSR count). The molecule has 86 heavy (non-hydrogen) atoms. The molecule has 16 N–H and O–H groups in total. The summed E-state index contributed by atoms with van der Waals surface area (Å²) in [6.07, 6.45) is 0. The fourth-order valence-electron chi connectivity index (χ4n) is 5.38. The third-order valence-corrected chi connectivity index (χ3v) is 75.7. The minimum absolute atomic E-state index is 1.28. The average Bonchev–Trinajstić information content (AvgIpc) is 2.38. The fraction of sp³-hybridized carbons (Fsp3) is 1.00. The third kappa shape index (κ3) is 37.5. The van der Waals surface area contributed by atoms with Crippen molar-refractivity contribution in [2.75, 3.05) is 0 Å². The van der Waals surface area contributed by atoms with Gasteiger partial charge in [0.15, 0.2) is 0 Å². The molecule has 4 aliphatic rings. The minimum atomic E-state index is -4.46. The highest BCUT2D eigenvalue weighted by molar-refractivity contribution is 6.78. The molecule has 0 radical (unpaired) electrons. The van der Waals surface area contributed by atoms with Crippen LogP contribution in [0.5, 0.6) is 0 Å². The highest BCUT2D eigenvalue weighted by Crippen LogP contribution is 2.18. The highest BCUT2D eigenvalue weighted by Gasteiger charge is 2.47. The summed E-state index contributed by atoms with van der Waals surface area (Å²) in [5, 5.41) is 0. The quantitative estimate of drug-likeness (QED) is 0.0448. The zero-order chi connectivity index (χ0) is 63.8. The Morgan fingerprint density at radius 3 is 1.26 bits per heavy atom. The Labute approximate surface area is 538 Å². The van der Waals surface area contributed by atoms with E-state index in [-0.39, 0.29) is 0 Å². The lowest BCUT2D eigenvalue weighted by Crippen LogP contribution is -2.57. The Balaban J connectivity index is 1.66. The first-order valence-electron chi connectivity index (χ1n) is 23.8. The van der Waals surface area contributed by atoms with Crippen molar-refractivity contribution in [3.8, 4) is 0 Å². The lowest BCUT2D eigenvalue weighted by atomic mass is 11.9. The van der Waals surface area contributed by atoms with E-state index in [1.165, 1.54) is 39.3 Å². The van der Waals surface area contributed by atoms with Gasteiger partial charge in [-0.25, -0.2) is 0 Å². The van der Waals surface area contributed by atoms with Gasteiger partial charge in [-0.15, -0.1) is 0 Å². The van der Waals surface area contributed by atoms with Crippen LogP contribution in [0.3, 0.4) is 0 Å². The van der Waals surface area contributed by atoms with Gasteiger partial charge in [-0.3, -0.25) is 0 Å². The zero-order valence-corrected chi connectivity index (χ0v) is 80.0. The predicted molar refractivity (Wildman–Crippen MR) is 328 cm³/mol. The summed E-state index contributed by atoms with van der Waals surface area (Å²) in [4.78, 5) is 165. The van der Waals surface area contributed by atoms with Crippen molar-refractivity contribution < 1.29 is 213 Å². The molecule has 4 aliphatic heterocycles. The van der Waals surface area contributed by atoms with Gasteiger partial charge in [0.05, 0.1) is 0 Å². The van der Waals surface area contributed by atoms with Crippen LogP contribution in [-0.2, 0) is 136 Å². The van der Waals surface area contributed by atoms with Gasteiger partial charge in [0, 0.05) is 0 Å². The van der Waals surface area contributed by atoms with E-state index in [1.54, 1.807) is 6.55 Å². The summed E-state index contributed by atoms with van der Waals surface area (Å²) in [7, 11) is -112. The summed E-state index contributed by atoms with van der Waals surface area (Å²) < 4.78 is 185. The van der Waals surface area contributed by atoms with Crippen molar-refractivity contribution in [1.82, 2.24) is 0 Å². The van der Waals surface area contributed by atoms with Gasteiger partial charge < -0.3 is 213 Å². The first-order valence-corrected chi connectivity index (χ1v) is 71.5. The molecule has 0 spiro atoms. The van der Waals surface area contributed by atoms with Crippen molar-refractivity contribution >= 4 is 285 Å². The van der Waals surface area contributed by atoms with Crippen molar-refractivity contribution in [3.05, 3.63) is 0 Å². The molecule has 0 aromatic carbocycles. The fourth-order valence-corrected chi connectivity index (χ4v) is 75.9. The number of fused-ring (bicyclic) bond motifs is 2. The van der Waals surface area contributed by atoms with E-state index >= 15 is 0 Å². The van der Waals surface area contributed by atoms with Crippen LogP contribution in [0.15, 0.2) is 0 Å². The van der Waals surface area contributed by atoms with Crippen LogP contribution in [0, 0.1) is 0 Å². The molecule has 510 valence electrons. The molecule has 4 saturated heterocycles. The van der Waals surface area contributed by atoms with Crippen LogP contribution in [0.2, 0.25) is 45.8 Å². The second kappa shape index (κ2) is 44.5. The molecule has 26 atom stereocenters. The second-order valence-electron chi connectivity index (χ2n) is 15.3. The molecular weight excluding hydrogens is 1710 g/mol. The predicted octanol–water partition coefficient (Wildman–Crippen LogP) is -26.8. The Hall–Kier alpha value is 4.55. The van der Waals surface area contributed by atoms with E-state index < -0.39 is 285 Å². The van der Waals surface area contributed by atoms with E-state index in [9.17, 15) is 76.7 Å². The first kappa shape index (κ1) is 83.0. The van der Waals surface area contributed by atoms with Crippen LogP contribution in [0.25, 0.3) is 0 Å². The lowest BCUT2D eigenvalue weighted by molar-refractivity contribution is 0.114. The summed E-state index contributed by atoms with van der Waals surface area (Å²) >= 11 is 0. The zero-order valence-electron chi connectivity index (χ0n) is 45.1. The van der Waals surface area contributed by atoms with Crippen molar-refractivity contribution in [2.24, 2.45) is 0 Å². The molecule has 26 unspecified atom stereocenters. The standard InChI is InChI=1S/C7H68O49Si30/c1-58(8)26-69(17)29-62(5)32-77-33-63(6)30-70(18)41-83-44-73(21)39-72(20)43-81(46-75(23)48-85(50-77)56-83)45-74(22)47-82-40-68(16)25-57-24-60(3)28-61(4)31-79(52-82)53-86-49-76(27-59(2)9)34-64(7)35-78(37-66(12)13)51-84(42-71(19)36-65(10)11)54-80(55-86)38-67(14)15/h8-23,58-86H,57H2,1-7H3. The van der Waals surface area contributed by atoms with Crippen molar-refractivity contribution in [1.29, 1.82) is 0 Å². The van der Waals surface area contributed by atoms with Crippen LogP contribution >= 0.6 is 0 Å². The van der Waals surface area contributed by atoms with Gasteiger partial charge in [0.1, 0.15) is 0 Å². The van der Waals surface area contributed by atoms with Gasteiger partial charge in [0.25, 0.3) is 19.3 Å². The molecule has 0 aromatic heterocycles. The maximum absolute atomic E-state index is 11.5. The van der Waals surface area contributed by atoms with Gasteiger partial charge in [-0.05, 0) is 45.8 Å². The number of rotatable bonds is 22. The number of hydrogen-bond donors (Lipinski definition) is 16. The van der Waals surface area contributed by atoms with E-state index in [0.29, 0.717) is 0 Å². The van der Waals surface area contributed by atoms with Crippen LogP contribution < -0.4 is 0 Å². The Morgan fingerprint density at radius 1 is 0.291 bits per heavy atom. The molecule has 0 amide bonds. The molecule has 0 saturated carbocycles. The van der Waals surface area contributed by atoms with E-state index in [1.807, 2.05) is 0 Å². The molecule has 79 heteroatoms. The topological polar surface area (TPSA) is 628 Å². The molecule has 4 fully saturated rings. The molecule has 0 aromatic rings. The van der Waals surface area contributed by atoms with Crippen LogP contribution in [0.1, 0.15) is 0 Å². The highest BCUT2D eigenvalue weighted by atomic mass is 28.6. The lowest BCUT2D eigenvalue weighted by Gasteiger charge is -2.34. The average molecular weight is 1780 g/mol. The monoisotopic (exact) mass is 1780 g/mol. The Bertz CT molecular complexity index is 1780. The molecule has 2 bridgehead atoms. The van der Waals surface area contributed by atoms with E-state index in [2.05, 4.69) is 4.12 Å². The maximum atomic E-state index is 11.5. The molecule has 49 nitrogen and oxygen atoms in total. The minimum Gasteiger partial charge on any atom is -0.423 e. The maximum Gasteiger partial charge on any atom is 0.471 e. The second-order valence-corrected chi connectivity index (χ2v) is 73.3.